The summed E-state index contributed by atoms with van der Waals surface area (Å²) in [4.78, 5) is 14.6. The van der Waals surface area contributed by atoms with Crippen LogP contribution in [0.15, 0.2) is 35.5 Å². The quantitative estimate of drug-likeness (QED) is 0.378. The van der Waals surface area contributed by atoms with Gasteiger partial charge in [-0.25, -0.2) is 0 Å². The van der Waals surface area contributed by atoms with Crippen molar-refractivity contribution in [2.75, 3.05) is 11.4 Å². The molecule has 0 bridgehead atoms. The van der Waals surface area contributed by atoms with E-state index in [1.54, 1.807) is 4.90 Å². The number of benzene rings is 1. The maximum atomic E-state index is 12.8. The number of hydrogen-bond acceptors (Lipinski definition) is 3. The first-order valence-corrected chi connectivity index (χ1v) is 7.46. The Labute approximate surface area is 125 Å². The smallest absolute Gasteiger partial charge is 0.230 e. The van der Waals surface area contributed by atoms with Crippen LogP contribution in [-0.4, -0.2) is 23.5 Å². The minimum Gasteiger partial charge on any atom is -0.409 e. The zero-order chi connectivity index (χ0) is 15.2. The predicted molar refractivity (Wildman–Crippen MR) is 83.3 cm³/mol. The van der Waals surface area contributed by atoms with Gasteiger partial charge in [0.25, 0.3) is 0 Å². The molecular weight excluding hydrogens is 266 g/mol. The van der Waals surface area contributed by atoms with Crippen molar-refractivity contribution in [2.45, 2.75) is 32.6 Å². The van der Waals surface area contributed by atoms with Gasteiger partial charge in [0.2, 0.25) is 5.91 Å². The van der Waals surface area contributed by atoms with Crippen LogP contribution in [0.1, 0.15) is 32.6 Å². The second-order valence-electron chi connectivity index (χ2n) is 5.68. The lowest BCUT2D eigenvalue weighted by Crippen LogP contribution is -2.39. The molecule has 0 aromatic heterocycles. The van der Waals surface area contributed by atoms with E-state index in [9.17, 15) is 4.79 Å². The minimum atomic E-state index is 0.0810. The van der Waals surface area contributed by atoms with Crippen LogP contribution < -0.4 is 10.6 Å². The number of rotatable bonds is 5. The number of hydrogen-bond donors (Lipinski definition) is 2. The van der Waals surface area contributed by atoms with Gasteiger partial charge in [-0.15, -0.1) is 0 Å². The van der Waals surface area contributed by atoms with Gasteiger partial charge in [0, 0.05) is 24.6 Å². The monoisotopic (exact) mass is 289 g/mol. The third kappa shape index (κ3) is 3.74. The summed E-state index contributed by atoms with van der Waals surface area (Å²) in [5.74, 6) is 0.796. The molecule has 1 aromatic carbocycles. The Kier molecular flexibility index (Phi) is 5.20. The van der Waals surface area contributed by atoms with Gasteiger partial charge in [-0.1, -0.05) is 36.7 Å². The van der Waals surface area contributed by atoms with Crippen molar-refractivity contribution in [2.24, 2.45) is 22.7 Å². The SMILES string of the molecule is CC1CCCC1C(=O)N(CC/C(N)=N/O)c1ccccc1. The van der Waals surface area contributed by atoms with Crippen LogP contribution >= 0.6 is 0 Å². The highest BCUT2D eigenvalue weighted by Gasteiger charge is 2.33. The Bertz CT molecular complexity index is 502. The zero-order valence-electron chi connectivity index (χ0n) is 12.4. The van der Waals surface area contributed by atoms with E-state index in [0.717, 1.165) is 24.9 Å². The van der Waals surface area contributed by atoms with Gasteiger partial charge in [0.1, 0.15) is 5.84 Å². The second kappa shape index (κ2) is 7.11. The fraction of sp³-hybridized carbons (Fsp3) is 0.500. The van der Waals surface area contributed by atoms with Crippen LogP contribution in [0.4, 0.5) is 5.69 Å². The van der Waals surface area contributed by atoms with Crippen molar-refractivity contribution in [3.63, 3.8) is 0 Å². The summed E-state index contributed by atoms with van der Waals surface area (Å²) in [5.41, 5.74) is 6.41. The summed E-state index contributed by atoms with van der Waals surface area (Å²) in [6.45, 7) is 2.57. The molecule has 0 radical (unpaired) electrons. The molecule has 0 saturated heterocycles. The van der Waals surface area contributed by atoms with Gasteiger partial charge in [-0.3, -0.25) is 4.79 Å². The first-order chi connectivity index (χ1) is 10.1. The molecule has 2 atom stereocenters. The number of carbonyl (C=O) groups is 1. The van der Waals surface area contributed by atoms with Gasteiger partial charge < -0.3 is 15.8 Å². The Morgan fingerprint density at radius 2 is 2.10 bits per heavy atom. The number of oxime groups is 1. The summed E-state index contributed by atoms with van der Waals surface area (Å²) >= 11 is 0. The van der Waals surface area contributed by atoms with Gasteiger partial charge in [-0.2, -0.15) is 0 Å². The van der Waals surface area contributed by atoms with E-state index in [2.05, 4.69) is 12.1 Å². The predicted octanol–water partition coefficient (Wildman–Crippen LogP) is 2.59. The third-order valence-corrected chi connectivity index (χ3v) is 4.23. The number of para-hydroxylation sites is 1. The molecule has 1 aromatic rings. The average molecular weight is 289 g/mol. The van der Waals surface area contributed by atoms with Crippen LogP contribution in [0, 0.1) is 11.8 Å². The molecule has 1 aliphatic rings. The summed E-state index contributed by atoms with van der Waals surface area (Å²) in [6, 6.07) is 9.59. The fourth-order valence-corrected chi connectivity index (χ4v) is 2.96. The number of nitrogens with zero attached hydrogens (tertiary/aromatic N) is 2. The molecular formula is C16H23N3O2. The highest BCUT2D eigenvalue weighted by molar-refractivity contribution is 5.96. The number of amidine groups is 1. The Morgan fingerprint density at radius 1 is 1.38 bits per heavy atom. The molecule has 1 aliphatic carbocycles. The Balaban J connectivity index is 2.17. The molecule has 2 unspecified atom stereocenters. The van der Waals surface area contributed by atoms with Crippen molar-refractivity contribution in [3.05, 3.63) is 30.3 Å². The van der Waals surface area contributed by atoms with E-state index in [-0.39, 0.29) is 17.7 Å². The minimum absolute atomic E-state index is 0.0810. The fourth-order valence-electron chi connectivity index (χ4n) is 2.96. The average Bonchev–Trinajstić information content (AvgIpc) is 2.94. The Morgan fingerprint density at radius 3 is 2.67 bits per heavy atom. The lowest BCUT2D eigenvalue weighted by Gasteiger charge is -2.27. The van der Waals surface area contributed by atoms with Crippen LogP contribution in [0.2, 0.25) is 0 Å². The van der Waals surface area contributed by atoms with Gasteiger partial charge in [0.05, 0.1) is 0 Å². The van der Waals surface area contributed by atoms with E-state index < -0.39 is 0 Å². The molecule has 21 heavy (non-hydrogen) atoms. The lowest BCUT2D eigenvalue weighted by atomic mass is 9.96. The molecule has 1 fully saturated rings. The van der Waals surface area contributed by atoms with Crippen LogP contribution in [0.5, 0.6) is 0 Å². The van der Waals surface area contributed by atoms with Crippen LogP contribution in [-0.2, 0) is 4.79 Å². The first kappa shape index (κ1) is 15.4. The highest BCUT2D eigenvalue weighted by atomic mass is 16.4. The molecule has 2 rings (SSSR count). The maximum Gasteiger partial charge on any atom is 0.230 e. The number of nitrogens with two attached hydrogens (primary N) is 1. The van der Waals surface area contributed by atoms with E-state index in [4.69, 9.17) is 10.9 Å². The summed E-state index contributed by atoms with van der Waals surface area (Å²) < 4.78 is 0. The molecule has 5 nitrogen and oxygen atoms in total. The number of anilines is 1. The van der Waals surface area contributed by atoms with Crippen LogP contribution in [0.3, 0.4) is 0 Å². The topological polar surface area (TPSA) is 78.9 Å². The standard InChI is InChI=1S/C16H23N3O2/c1-12-6-5-9-14(12)16(20)19(11-10-15(17)18-21)13-7-3-2-4-8-13/h2-4,7-8,12,14,21H,5-6,9-11H2,1H3,(H2,17,18). The van der Waals surface area contributed by atoms with E-state index in [0.29, 0.717) is 18.9 Å². The largest absolute Gasteiger partial charge is 0.409 e. The summed E-state index contributed by atoms with van der Waals surface area (Å²) in [7, 11) is 0. The number of amides is 1. The molecule has 1 saturated carbocycles. The summed E-state index contributed by atoms with van der Waals surface area (Å²) in [5, 5.41) is 11.7. The number of carbonyl (C=O) groups excluding carboxylic acids is 1. The second-order valence-corrected chi connectivity index (χ2v) is 5.68. The molecule has 0 heterocycles. The van der Waals surface area contributed by atoms with Crippen molar-refractivity contribution < 1.29 is 10.0 Å². The van der Waals surface area contributed by atoms with Crippen molar-refractivity contribution in [1.29, 1.82) is 0 Å². The molecule has 1 amide bonds. The normalized spacial score (nSPS) is 22.2. The third-order valence-electron chi connectivity index (χ3n) is 4.23. The van der Waals surface area contributed by atoms with E-state index in [1.807, 2.05) is 30.3 Å². The Hall–Kier alpha value is -2.04. The molecule has 5 heteroatoms. The van der Waals surface area contributed by atoms with Crippen molar-refractivity contribution >= 4 is 17.4 Å². The van der Waals surface area contributed by atoms with Gasteiger partial charge in [0.15, 0.2) is 0 Å². The molecule has 0 aliphatic heterocycles. The lowest BCUT2D eigenvalue weighted by molar-refractivity contribution is -0.123. The van der Waals surface area contributed by atoms with Gasteiger partial charge >= 0.3 is 0 Å². The first-order valence-electron chi connectivity index (χ1n) is 7.46. The molecule has 114 valence electrons. The molecule has 3 N–H and O–H groups in total. The maximum absolute atomic E-state index is 12.8. The summed E-state index contributed by atoms with van der Waals surface area (Å²) in [6.07, 6.45) is 3.53. The molecule has 0 spiro atoms. The van der Waals surface area contributed by atoms with E-state index in [1.165, 1.54) is 0 Å². The van der Waals surface area contributed by atoms with Crippen LogP contribution in [0.25, 0.3) is 0 Å². The van der Waals surface area contributed by atoms with Crippen molar-refractivity contribution in [1.82, 2.24) is 0 Å². The van der Waals surface area contributed by atoms with E-state index >= 15 is 0 Å². The van der Waals surface area contributed by atoms with Gasteiger partial charge in [-0.05, 0) is 30.9 Å². The van der Waals surface area contributed by atoms with Crippen molar-refractivity contribution in [3.8, 4) is 0 Å². The highest BCUT2D eigenvalue weighted by Crippen LogP contribution is 2.33. The zero-order valence-corrected chi connectivity index (χ0v) is 12.4.